The zero-order valence-electron chi connectivity index (χ0n) is 15.0. The van der Waals surface area contributed by atoms with E-state index in [0.29, 0.717) is 6.04 Å². The van der Waals surface area contributed by atoms with Crippen LogP contribution in [0, 0.1) is 22.7 Å². The number of rotatable bonds is 4. The Balaban J connectivity index is 0.00000264. The van der Waals surface area contributed by atoms with Crippen molar-refractivity contribution in [1.82, 2.24) is 10.6 Å². The maximum Gasteiger partial charge on any atom is 0.191 e. The summed E-state index contributed by atoms with van der Waals surface area (Å²) in [7, 11) is 1.79. The van der Waals surface area contributed by atoms with Crippen LogP contribution >= 0.6 is 24.0 Å². The van der Waals surface area contributed by atoms with Gasteiger partial charge in [-0.2, -0.15) is 5.26 Å². The van der Waals surface area contributed by atoms with Gasteiger partial charge in [0.2, 0.25) is 0 Å². The molecule has 4 unspecified atom stereocenters. The van der Waals surface area contributed by atoms with Gasteiger partial charge in [0, 0.05) is 31.2 Å². The van der Waals surface area contributed by atoms with E-state index in [1.165, 1.54) is 0 Å². The quantitative estimate of drug-likeness (QED) is 0.406. The van der Waals surface area contributed by atoms with Gasteiger partial charge >= 0.3 is 0 Å². The number of hydrogen-bond donors (Lipinski definition) is 2. The van der Waals surface area contributed by atoms with E-state index in [1.54, 1.807) is 7.11 Å². The fraction of sp³-hybridized carbons (Fsp3) is 0.882. The van der Waals surface area contributed by atoms with Gasteiger partial charge < -0.3 is 15.4 Å². The topological polar surface area (TPSA) is 69.4 Å². The number of hydrogen-bond acceptors (Lipinski definition) is 3. The van der Waals surface area contributed by atoms with Crippen molar-refractivity contribution in [1.29, 1.82) is 5.26 Å². The summed E-state index contributed by atoms with van der Waals surface area (Å²) in [5.41, 5.74) is -0.0488. The first-order valence-electron chi connectivity index (χ1n) is 8.40. The van der Waals surface area contributed by atoms with E-state index in [2.05, 4.69) is 42.5 Å². The monoisotopic (exact) mass is 434 g/mol. The maximum atomic E-state index is 9.24. The molecule has 2 fully saturated rings. The summed E-state index contributed by atoms with van der Waals surface area (Å²) in [6, 6.07) is 2.97. The Kier molecular flexibility index (Phi) is 7.14. The van der Waals surface area contributed by atoms with Gasteiger partial charge in [-0.15, -0.1) is 24.0 Å². The van der Waals surface area contributed by atoms with Crippen LogP contribution in [0.1, 0.15) is 53.4 Å². The fourth-order valence-corrected chi connectivity index (χ4v) is 3.64. The Labute approximate surface area is 157 Å². The third-order valence-electron chi connectivity index (χ3n) is 5.91. The molecule has 0 amide bonds. The normalized spacial score (nSPS) is 35.7. The first-order chi connectivity index (χ1) is 10.4. The molecule has 23 heavy (non-hydrogen) atoms. The zero-order chi connectivity index (χ0) is 16.4. The number of aliphatic imine (C=N–C) groups is 1. The molecule has 0 aromatic carbocycles. The molecule has 0 aromatic heterocycles. The molecule has 2 aliphatic carbocycles. The van der Waals surface area contributed by atoms with Crippen LogP contribution in [-0.2, 0) is 4.74 Å². The van der Waals surface area contributed by atoms with Crippen LogP contribution < -0.4 is 10.6 Å². The highest BCUT2D eigenvalue weighted by atomic mass is 127. The Morgan fingerprint density at radius 3 is 2.52 bits per heavy atom. The van der Waals surface area contributed by atoms with Gasteiger partial charge in [-0.05, 0) is 39.5 Å². The summed E-state index contributed by atoms with van der Waals surface area (Å²) >= 11 is 0. The minimum absolute atomic E-state index is 0. The van der Waals surface area contributed by atoms with Crippen LogP contribution in [0.3, 0.4) is 0 Å². The smallest absolute Gasteiger partial charge is 0.191 e. The number of nitriles is 1. The summed E-state index contributed by atoms with van der Waals surface area (Å²) in [5.74, 6) is 0.938. The predicted molar refractivity (Wildman–Crippen MR) is 104 cm³/mol. The number of methoxy groups -OCH3 is 1. The first kappa shape index (κ1) is 20.5. The van der Waals surface area contributed by atoms with Crippen LogP contribution in [0.15, 0.2) is 4.99 Å². The van der Waals surface area contributed by atoms with E-state index in [4.69, 9.17) is 4.74 Å². The average molecular weight is 434 g/mol. The minimum atomic E-state index is -0.0927. The highest BCUT2D eigenvalue weighted by Gasteiger charge is 2.58. The SMILES string of the molecule is CCN=C(NC1CCCC1C#N)NC1CC(C)(OC)C1(C)C.I. The highest BCUT2D eigenvalue weighted by Crippen LogP contribution is 2.51. The Bertz CT molecular complexity index is 474. The van der Waals surface area contributed by atoms with E-state index < -0.39 is 0 Å². The van der Waals surface area contributed by atoms with Crippen molar-refractivity contribution < 1.29 is 4.74 Å². The lowest BCUT2D eigenvalue weighted by Gasteiger charge is -2.59. The molecular formula is C17H31IN4O. The van der Waals surface area contributed by atoms with Crippen molar-refractivity contribution in [2.75, 3.05) is 13.7 Å². The van der Waals surface area contributed by atoms with Crippen molar-refractivity contribution in [2.24, 2.45) is 16.3 Å². The lowest BCUT2D eigenvalue weighted by molar-refractivity contribution is -0.176. The summed E-state index contributed by atoms with van der Waals surface area (Å²) in [5, 5.41) is 16.3. The van der Waals surface area contributed by atoms with Crippen LogP contribution in [-0.4, -0.2) is 37.3 Å². The molecule has 0 aromatic rings. The van der Waals surface area contributed by atoms with Crippen LogP contribution in [0.4, 0.5) is 0 Å². The van der Waals surface area contributed by atoms with Crippen molar-refractivity contribution in [3.05, 3.63) is 0 Å². The standard InChI is InChI=1S/C17H30N4O.HI/c1-6-19-15(20-13-9-7-8-12(13)11-18)21-14-10-17(4,22-5)16(14,2)3;/h12-14H,6-10H2,1-5H3,(H2,19,20,21);1H. The van der Waals surface area contributed by atoms with E-state index >= 15 is 0 Å². The van der Waals surface area contributed by atoms with Gasteiger partial charge in [0.15, 0.2) is 5.96 Å². The fourth-order valence-electron chi connectivity index (χ4n) is 3.64. The maximum absolute atomic E-state index is 9.24. The molecule has 2 saturated carbocycles. The lowest BCUT2D eigenvalue weighted by Crippen LogP contribution is -2.69. The molecule has 0 saturated heterocycles. The van der Waals surface area contributed by atoms with Crippen molar-refractivity contribution in [3.63, 3.8) is 0 Å². The third kappa shape index (κ3) is 3.93. The van der Waals surface area contributed by atoms with Crippen molar-refractivity contribution in [3.8, 4) is 6.07 Å². The zero-order valence-corrected chi connectivity index (χ0v) is 17.3. The van der Waals surface area contributed by atoms with Crippen molar-refractivity contribution >= 4 is 29.9 Å². The average Bonchev–Trinajstić information content (AvgIpc) is 2.93. The second-order valence-corrected chi connectivity index (χ2v) is 7.30. The molecule has 2 aliphatic rings. The number of halogens is 1. The molecule has 0 radical (unpaired) electrons. The molecule has 0 aliphatic heterocycles. The van der Waals surface area contributed by atoms with E-state index in [-0.39, 0.29) is 47.0 Å². The summed E-state index contributed by atoms with van der Waals surface area (Å²) < 4.78 is 5.69. The van der Waals surface area contributed by atoms with E-state index in [9.17, 15) is 5.26 Å². The van der Waals surface area contributed by atoms with Crippen LogP contribution in [0.2, 0.25) is 0 Å². The minimum Gasteiger partial charge on any atom is -0.378 e. The van der Waals surface area contributed by atoms with Crippen molar-refractivity contribution in [2.45, 2.75) is 71.1 Å². The molecule has 0 spiro atoms. The first-order valence-corrected chi connectivity index (χ1v) is 8.40. The molecule has 0 heterocycles. The molecule has 5 nitrogen and oxygen atoms in total. The second kappa shape index (κ2) is 8.02. The molecule has 0 bridgehead atoms. The highest BCUT2D eigenvalue weighted by molar-refractivity contribution is 14.0. The molecule has 2 N–H and O–H groups in total. The Morgan fingerprint density at radius 1 is 1.30 bits per heavy atom. The van der Waals surface area contributed by atoms with Gasteiger partial charge in [0.05, 0.1) is 17.6 Å². The van der Waals surface area contributed by atoms with Gasteiger partial charge in [0.25, 0.3) is 0 Å². The van der Waals surface area contributed by atoms with E-state index in [1.807, 2.05) is 6.92 Å². The number of nitrogens with zero attached hydrogens (tertiary/aromatic N) is 2. The summed E-state index contributed by atoms with van der Waals surface area (Å²) in [6.45, 7) is 9.39. The van der Waals surface area contributed by atoms with Crippen LogP contribution in [0.5, 0.6) is 0 Å². The molecule has 132 valence electrons. The lowest BCUT2D eigenvalue weighted by atomic mass is 9.56. The molecule has 6 heteroatoms. The molecule has 2 rings (SSSR count). The van der Waals surface area contributed by atoms with E-state index in [0.717, 1.165) is 38.2 Å². The largest absolute Gasteiger partial charge is 0.378 e. The molecular weight excluding hydrogens is 403 g/mol. The number of ether oxygens (including phenoxy) is 1. The molecule has 4 atom stereocenters. The van der Waals surface area contributed by atoms with Gasteiger partial charge in [-0.3, -0.25) is 4.99 Å². The predicted octanol–water partition coefficient (Wildman–Crippen LogP) is 3.06. The Morgan fingerprint density at radius 2 is 2.00 bits per heavy atom. The van der Waals surface area contributed by atoms with Gasteiger partial charge in [-0.1, -0.05) is 13.8 Å². The van der Waals surface area contributed by atoms with Crippen LogP contribution in [0.25, 0.3) is 0 Å². The third-order valence-corrected chi connectivity index (χ3v) is 5.91. The number of nitrogens with one attached hydrogen (secondary N) is 2. The summed E-state index contributed by atoms with van der Waals surface area (Å²) in [4.78, 5) is 4.56. The van der Waals surface area contributed by atoms with Gasteiger partial charge in [0.1, 0.15) is 0 Å². The number of guanidine groups is 1. The second-order valence-electron chi connectivity index (χ2n) is 7.30. The summed E-state index contributed by atoms with van der Waals surface area (Å²) in [6.07, 6.45) is 4.12. The Hall–Kier alpha value is -0.550. The van der Waals surface area contributed by atoms with Gasteiger partial charge in [-0.25, -0.2) is 0 Å².